The fourth-order valence-electron chi connectivity index (χ4n) is 9.68. The third-order valence-electron chi connectivity index (χ3n) is 13.0. The van der Waals surface area contributed by atoms with Crippen molar-refractivity contribution in [3.8, 4) is 67.4 Å². The van der Waals surface area contributed by atoms with Crippen molar-refractivity contribution < 1.29 is 50.8 Å². The summed E-state index contributed by atoms with van der Waals surface area (Å²) in [6.07, 6.45) is 5.65. The summed E-state index contributed by atoms with van der Waals surface area (Å²) >= 11 is 0. The number of pyridine rings is 2. The number of furan rings is 1. The summed E-state index contributed by atoms with van der Waals surface area (Å²) in [6.45, 7) is -5.46. The van der Waals surface area contributed by atoms with Gasteiger partial charge in [-0.1, -0.05) is 171 Å². The van der Waals surface area contributed by atoms with E-state index in [9.17, 15) is 0 Å². The third-order valence-corrected chi connectivity index (χ3v) is 13.0. The summed E-state index contributed by atoms with van der Waals surface area (Å²) in [7, 11) is 0. The molecule has 0 N–H and O–H groups in total. The molecule has 1 fully saturated rings. The summed E-state index contributed by atoms with van der Waals surface area (Å²) in [6, 6.07) is 40.0. The maximum absolute atomic E-state index is 9.10. The van der Waals surface area contributed by atoms with Crippen LogP contribution in [0.2, 0.25) is 0 Å². The van der Waals surface area contributed by atoms with Gasteiger partial charge in [-0.25, -0.2) is 0 Å². The second kappa shape index (κ2) is 17.9. The van der Waals surface area contributed by atoms with Crippen LogP contribution in [0.25, 0.3) is 77.8 Å². The minimum absolute atomic E-state index is 0. The first kappa shape index (κ1) is 30.2. The van der Waals surface area contributed by atoms with Crippen molar-refractivity contribution >= 4 is 21.9 Å². The molecule has 6 aromatic carbocycles. The van der Waals surface area contributed by atoms with E-state index in [0.29, 0.717) is 17.2 Å². The van der Waals surface area contributed by atoms with Gasteiger partial charge >= 0.3 is 21.1 Å². The monoisotopic (exact) mass is 1060 g/mol. The molecule has 1 saturated carbocycles. The van der Waals surface area contributed by atoms with Gasteiger partial charge in [-0.15, -0.1) is 11.6 Å². The van der Waals surface area contributed by atoms with Crippen molar-refractivity contribution in [2.75, 3.05) is 0 Å². The Morgan fingerprint density at radius 2 is 1.38 bits per heavy atom. The fraction of sp³-hybridized carbons (Fsp3) is 0.246. The first-order valence-corrected chi connectivity index (χ1v) is 21.8. The molecule has 2 atom stereocenters. The molecule has 0 saturated heterocycles. The molecule has 332 valence electrons. The van der Waals surface area contributed by atoms with E-state index in [4.69, 9.17) is 34.7 Å². The smallest absolute Gasteiger partial charge is 0.501 e. The predicted molar refractivity (Wildman–Crippen MR) is 269 cm³/mol. The van der Waals surface area contributed by atoms with Crippen LogP contribution in [0, 0.1) is 64.6 Å². The molecule has 4 nitrogen and oxygen atoms in total. The van der Waals surface area contributed by atoms with Crippen molar-refractivity contribution in [1.29, 1.82) is 0 Å². The van der Waals surface area contributed by atoms with Crippen LogP contribution < -0.4 is 4.74 Å². The zero-order valence-corrected chi connectivity index (χ0v) is 39.2. The van der Waals surface area contributed by atoms with E-state index < -0.39 is 45.4 Å². The molecule has 0 amide bonds. The molecular weight excluding hydrogens is 988 g/mol. The molecule has 0 spiro atoms. The first-order chi connectivity index (χ1) is 37.3. The number of aromatic nitrogens is 2. The largest absolute Gasteiger partial charge is 2.00 e. The predicted octanol–water partition coefficient (Wildman–Crippen LogP) is 16.9. The average molecular weight is 1060 g/mol. The van der Waals surface area contributed by atoms with Gasteiger partial charge in [-0.2, -0.15) is 0 Å². The number of rotatable bonds is 8. The van der Waals surface area contributed by atoms with Gasteiger partial charge in [0.05, 0.1) is 5.58 Å². The molecular formula is C61H56N2O2Pt. The molecule has 0 bridgehead atoms. The summed E-state index contributed by atoms with van der Waals surface area (Å²) in [5, 5.41) is 0.260. The Morgan fingerprint density at radius 1 is 0.697 bits per heavy atom. The molecule has 66 heavy (non-hydrogen) atoms. The van der Waals surface area contributed by atoms with E-state index in [1.54, 1.807) is 18.3 Å². The van der Waals surface area contributed by atoms with E-state index in [0.717, 1.165) is 71.0 Å². The second-order valence-corrected chi connectivity index (χ2v) is 18.2. The van der Waals surface area contributed by atoms with Gasteiger partial charge in [-0.3, -0.25) is 0 Å². The van der Waals surface area contributed by atoms with E-state index in [1.165, 1.54) is 18.2 Å². The van der Waals surface area contributed by atoms with Crippen molar-refractivity contribution in [3.63, 3.8) is 0 Å². The van der Waals surface area contributed by atoms with Gasteiger partial charge in [0.1, 0.15) is 5.58 Å². The Bertz CT molecular complexity index is 3820. The van der Waals surface area contributed by atoms with Crippen molar-refractivity contribution in [1.82, 2.24) is 9.97 Å². The number of aryl methyl sites for hydroxylation is 5. The number of fused-ring (bicyclic) bond motifs is 3. The van der Waals surface area contributed by atoms with Gasteiger partial charge in [-0.05, 0) is 144 Å². The fourth-order valence-corrected chi connectivity index (χ4v) is 9.68. The Labute approximate surface area is 425 Å². The molecule has 5 heteroatoms. The van der Waals surface area contributed by atoms with E-state index in [2.05, 4.69) is 37.9 Å². The topological polar surface area (TPSA) is 48.2 Å². The molecule has 9 aromatic rings. The first-order valence-electron chi connectivity index (χ1n) is 29.3. The molecule has 1 aliphatic carbocycles. The molecule has 0 aliphatic heterocycles. The molecule has 3 heterocycles. The van der Waals surface area contributed by atoms with Crippen molar-refractivity contribution in [2.24, 2.45) is 11.3 Å². The standard InChI is InChI=1S/C61H56N2O2.Pt/c1-36-25-38(3)59-54-31-49(30-53(60(54)65-58(59)26-36)56-32-51(41(6)35-63-56)50-23-24-61(8,9)33-39(50)4)64-57-29-48(55-27-37(2)40(5)34-62-55)28-52(42(57)7)47-21-19-46(20-22-47)45-17-15-44(16-18-45)43-13-11-10-12-14-43;/h10-22,25-28,31-32,34-35,39,50H,23-24,33H2,1-9H3;/q-2;+2/i1D3,2D3,3D3,5D3,7D3;. The van der Waals surface area contributed by atoms with E-state index in [-0.39, 0.29) is 105 Å². The van der Waals surface area contributed by atoms with Crippen LogP contribution in [0.1, 0.15) is 105 Å². The van der Waals surface area contributed by atoms with Gasteiger partial charge in [0.2, 0.25) is 0 Å². The van der Waals surface area contributed by atoms with Crippen LogP contribution in [0.4, 0.5) is 0 Å². The Kier molecular flexibility index (Phi) is 8.23. The maximum Gasteiger partial charge on any atom is 2.00 e. The SMILES string of the molecule is [2H]C([2H])([2H])c1cc(C([2H])([2H])[2H])c2c(c1)oc1c(-c3cc(C4CCC(C)(C)CC4C)c(C)cn3)[c-]c(Oc3[c-]c(-c4cc(C([2H])([2H])[2H])c(C([2H])([2H])[2H])cn4)cc(-c4ccc(-c5ccc(-c6ccccc6)cc5)cc4)c3C([2H])([2H])[2H])cc12.[Pt+2]. The van der Waals surface area contributed by atoms with Crippen LogP contribution in [0.3, 0.4) is 0 Å². The normalized spacial score (nSPS) is 20.1. The Balaban J connectivity index is 0.00000792. The molecule has 3 aromatic heterocycles. The van der Waals surface area contributed by atoms with Crippen LogP contribution in [0.15, 0.2) is 132 Å². The summed E-state index contributed by atoms with van der Waals surface area (Å²) in [5.41, 5.74) is 5.38. The minimum Gasteiger partial charge on any atom is -0.501 e. The van der Waals surface area contributed by atoms with Crippen LogP contribution in [-0.4, -0.2) is 9.97 Å². The summed E-state index contributed by atoms with van der Waals surface area (Å²) in [4.78, 5) is 9.31. The van der Waals surface area contributed by atoms with Crippen molar-refractivity contribution in [2.45, 2.75) is 87.1 Å². The molecule has 2 unspecified atom stereocenters. The Morgan fingerprint density at radius 3 is 2.06 bits per heavy atom. The Hall–Kier alpha value is -6.09. The third kappa shape index (κ3) is 8.69. The van der Waals surface area contributed by atoms with Crippen LogP contribution in [0.5, 0.6) is 11.5 Å². The van der Waals surface area contributed by atoms with Gasteiger partial charge in [0, 0.05) is 49.8 Å². The maximum atomic E-state index is 9.10. The van der Waals surface area contributed by atoms with Gasteiger partial charge in [0.25, 0.3) is 0 Å². The molecule has 10 rings (SSSR count). The zero-order chi connectivity index (χ0) is 57.6. The van der Waals surface area contributed by atoms with Gasteiger partial charge < -0.3 is 19.1 Å². The summed E-state index contributed by atoms with van der Waals surface area (Å²) < 4.78 is 141. The van der Waals surface area contributed by atoms with E-state index >= 15 is 0 Å². The summed E-state index contributed by atoms with van der Waals surface area (Å²) in [5.74, 6) is -0.0111. The second-order valence-electron chi connectivity index (χ2n) is 18.2. The number of benzene rings is 6. The number of hydrogen-bond donors (Lipinski definition) is 0. The van der Waals surface area contributed by atoms with Gasteiger partial charge in [0.15, 0.2) is 0 Å². The zero-order valence-electron chi connectivity index (χ0n) is 51.9. The van der Waals surface area contributed by atoms with Crippen LogP contribution in [-0.2, 0) is 21.1 Å². The molecule has 1 aliphatic rings. The number of nitrogens with zero attached hydrogens (tertiary/aromatic N) is 2. The average Bonchev–Trinajstić information content (AvgIpc) is 4.03. The van der Waals surface area contributed by atoms with Crippen molar-refractivity contribution in [3.05, 3.63) is 179 Å². The number of hydrogen-bond acceptors (Lipinski definition) is 4. The van der Waals surface area contributed by atoms with E-state index in [1.807, 2.05) is 79.7 Å². The molecule has 0 radical (unpaired) electrons. The minimum atomic E-state index is -2.93. The number of ether oxygens (including phenoxy) is 1. The van der Waals surface area contributed by atoms with Crippen LogP contribution >= 0.6 is 0 Å². The quantitative estimate of drug-likeness (QED) is 0.142.